The lowest BCUT2D eigenvalue weighted by Gasteiger charge is -2.30. The molecule has 2 rings (SSSR count). The van der Waals surface area contributed by atoms with E-state index in [1.54, 1.807) is 0 Å². The molecule has 0 aromatic rings. The van der Waals surface area contributed by atoms with Crippen LogP contribution < -0.4 is 0 Å². The molecule has 6 atom stereocenters. The number of ether oxygens (including phenoxy) is 1. The maximum absolute atomic E-state index is 12.7. The van der Waals surface area contributed by atoms with E-state index in [0.29, 0.717) is 5.75 Å². The summed E-state index contributed by atoms with van der Waals surface area (Å²) in [5, 5.41) is 9.16. The first-order chi connectivity index (χ1) is 8.84. The second-order valence-corrected chi connectivity index (χ2v) is 6.81. The van der Waals surface area contributed by atoms with Crippen LogP contribution >= 0.6 is 11.8 Å². The van der Waals surface area contributed by atoms with E-state index in [1.807, 2.05) is 27.7 Å². The van der Waals surface area contributed by atoms with Crippen molar-refractivity contribution in [2.24, 2.45) is 11.8 Å². The van der Waals surface area contributed by atoms with Crippen LogP contribution in [0.5, 0.6) is 0 Å². The number of nitrogens with zero attached hydrogens (tertiary/aromatic N) is 1. The normalized spacial score (nSPS) is 42.6. The number of carboxylic acids is 1. The van der Waals surface area contributed by atoms with Gasteiger partial charge in [-0.1, -0.05) is 6.92 Å². The van der Waals surface area contributed by atoms with Gasteiger partial charge in [0, 0.05) is 5.75 Å². The summed E-state index contributed by atoms with van der Waals surface area (Å²) in [6.45, 7) is 7.75. The Kier molecular flexibility index (Phi) is 4.11. The van der Waals surface area contributed by atoms with Crippen molar-refractivity contribution >= 4 is 23.6 Å². The number of thioether (sulfide) groups is 1. The highest BCUT2D eigenvalue weighted by Gasteiger charge is 2.48. The van der Waals surface area contributed by atoms with E-state index in [1.165, 1.54) is 16.7 Å². The first-order valence-electron chi connectivity index (χ1n) is 6.66. The zero-order valence-corrected chi connectivity index (χ0v) is 12.5. The van der Waals surface area contributed by atoms with Crippen molar-refractivity contribution < 1.29 is 19.4 Å². The summed E-state index contributed by atoms with van der Waals surface area (Å²) in [5.74, 6) is -0.645. The fourth-order valence-corrected chi connectivity index (χ4v) is 4.21. The zero-order chi connectivity index (χ0) is 14.3. The number of carbonyl (C=O) groups excluding carboxylic acids is 1. The minimum atomic E-state index is -0.919. The van der Waals surface area contributed by atoms with E-state index in [9.17, 15) is 14.7 Å². The van der Waals surface area contributed by atoms with Crippen molar-refractivity contribution in [3.63, 3.8) is 0 Å². The van der Waals surface area contributed by atoms with Gasteiger partial charge in [0.1, 0.15) is 6.04 Å². The Morgan fingerprint density at radius 3 is 2.32 bits per heavy atom. The number of carbonyl (C=O) groups is 2. The molecule has 6 unspecified atom stereocenters. The van der Waals surface area contributed by atoms with Gasteiger partial charge in [0.05, 0.1) is 23.5 Å². The summed E-state index contributed by atoms with van der Waals surface area (Å²) in [5.41, 5.74) is 0. The first-order valence-corrected chi connectivity index (χ1v) is 7.71. The van der Waals surface area contributed by atoms with Crippen LogP contribution in [0.4, 0.5) is 0 Å². The molecule has 2 saturated heterocycles. The van der Waals surface area contributed by atoms with Gasteiger partial charge < -0.3 is 14.7 Å². The van der Waals surface area contributed by atoms with E-state index in [0.717, 1.165) is 0 Å². The molecule has 1 amide bonds. The monoisotopic (exact) mass is 287 g/mol. The third-order valence-electron chi connectivity index (χ3n) is 4.29. The molecule has 0 spiro atoms. The van der Waals surface area contributed by atoms with Crippen LogP contribution in [0, 0.1) is 11.8 Å². The molecule has 6 heteroatoms. The summed E-state index contributed by atoms with van der Waals surface area (Å²) >= 11 is 1.52. The Bertz CT molecular complexity index is 389. The molecular formula is C13H21NO4S. The largest absolute Gasteiger partial charge is 0.480 e. The number of hydrogen-bond donors (Lipinski definition) is 1. The average Bonchev–Trinajstić information content (AvgIpc) is 2.81. The summed E-state index contributed by atoms with van der Waals surface area (Å²) in [6, 6.07) is -0.706. The van der Waals surface area contributed by atoms with Gasteiger partial charge in [0.25, 0.3) is 0 Å². The fourth-order valence-electron chi connectivity index (χ4n) is 3.03. The number of carboxylic acid groups (broad SMARTS) is 1. The van der Waals surface area contributed by atoms with Crippen LogP contribution in [-0.2, 0) is 14.3 Å². The quantitative estimate of drug-likeness (QED) is 0.832. The minimum absolute atomic E-state index is 0.0396. The van der Waals surface area contributed by atoms with Gasteiger partial charge in [-0.25, -0.2) is 4.79 Å². The van der Waals surface area contributed by atoms with Gasteiger partial charge >= 0.3 is 5.97 Å². The van der Waals surface area contributed by atoms with Gasteiger partial charge in [0.2, 0.25) is 5.91 Å². The third-order valence-corrected chi connectivity index (χ3v) is 5.51. The Morgan fingerprint density at radius 1 is 1.21 bits per heavy atom. The lowest BCUT2D eigenvalue weighted by Crippen LogP contribution is -2.49. The van der Waals surface area contributed by atoms with Crippen LogP contribution in [0.1, 0.15) is 27.7 Å². The van der Waals surface area contributed by atoms with Crippen molar-refractivity contribution in [2.45, 2.75) is 51.3 Å². The van der Waals surface area contributed by atoms with Crippen LogP contribution in [-0.4, -0.2) is 51.3 Å². The van der Waals surface area contributed by atoms with Crippen LogP contribution in [0.15, 0.2) is 0 Å². The minimum Gasteiger partial charge on any atom is -0.480 e. The average molecular weight is 287 g/mol. The van der Waals surface area contributed by atoms with Gasteiger partial charge in [-0.15, -0.1) is 11.8 Å². The summed E-state index contributed by atoms with van der Waals surface area (Å²) < 4.78 is 5.70. The molecule has 0 aromatic heterocycles. The van der Waals surface area contributed by atoms with Crippen LogP contribution in [0.2, 0.25) is 0 Å². The molecule has 1 N–H and O–H groups in total. The third kappa shape index (κ3) is 2.48. The molecule has 2 aliphatic heterocycles. The SMILES string of the molecule is CC1OC(C)C(C(=O)N2C(C)SCC2C(=O)O)C1C. The lowest BCUT2D eigenvalue weighted by atomic mass is 9.88. The maximum atomic E-state index is 12.7. The number of amides is 1. The number of rotatable bonds is 2. The highest BCUT2D eigenvalue weighted by Crippen LogP contribution is 2.37. The van der Waals surface area contributed by atoms with Crippen molar-refractivity contribution in [2.75, 3.05) is 5.75 Å². The van der Waals surface area contributed by atoms with E-state index in [4.69, 9.17) is 4.74 Å². The molecule has 108 valence electrons. The lowest BCUT2D eigenvalue weighted by molar-refractivity contribution is -0.151. The standard InChI is InChI=1S/C13H21NO4S/c1-6-7(2)18-8(3)11(6)12(15)14-9(4)19-5-10(14)13(16)17/h6-11H,5H2,1-4H3,(H,16,17). The van der Waals surface area contributed by atoms with E-state index in [-0.39, 0.29) is 35.3 Å². The van der Waals surface area contributed by atoms with Gasteiger partial charge in [0.15, 0.2) is 0 Å². The van der Waals surface area contributed by atoms with Gasteiger partial charge in [-0.2, -0.15) is 0 Å². The van der Waals surface area contributed by atoms with Crippen molar-refractivity contribution in [1.82, 2.24) is 4.90 Å². The van der Waals surface area contributed by atoms with Crippen molar-refractivity contribution in [1.29, 1.82) is 0 Å². The highest BCUT2D eigenvalue weighted by molar-refractivity contribution is 8.00. The predicted molar refractivity (Wildman–Crippen MR) is 72.9 cm³/mol. The first kappa shape index (κ1) is 14.7. The molecule has 5 nitrogen and oxygen atoms in total. The summed E-state index contributed by atoms with van der Waals surface area (Å²) in [4.78, 5) is 25.5. The Morgan fingerprint density at radius 2 is 1.84 bits per heavy atom. The molecule has 0 saturated carbocycles. The second kappa shape index (κ2) is 5.32. The van der Waals surface area contributed by atoms with Crippen LogP contribution in [0.3, 0.4) is 0 Å². The number of hydrogen-bond acceptors (Lipinski definition) is 4. The van der Waals surface area contributed by atoms with E-state index < -0.39 is 12.0 Å². The Labute approximate surface area is 117 Å². The van der Waals surface area contributed by atoms with E-state index >= 15 is 0 Å². The summed E-state index contributed by atoms with van der Waals surface area (Å²) in [6.07, 6.45) is -0.109. The second-order valence-electron chi connectivity index (χ2n) is 5.46. The molecule has 0 radical (unpaired) electrons. The topological polar surface area (TPSA) is 66.8 Å². The van der Waals surface area contributed by atoms with Gasteiger partial charge in [-0.05, 0) is 26.7 Å². The maximum Gasteiger partial charge on any atom is 0.327 e. The molecule has 0 bridgehead atoms. The van der Waals surface area contributed by atoms with Gasteiger partial charge in [-0.3, -0.25) is 4.79 Å². The van der Waals surface area contributed by atoms with E-state index in [2.05, 4.69) is 0 Å². The van der Waals surface area contributed by atoms with Crippen molar-refractivity contribution in [3.05, 3.63) is 0 Å². The smallest absolute Gasteiger partial charge is 0.327 e. The predicted octanol–water partition coefficient (Wildman–Crippen LogP) is 1.42. The van der Waals surface area contributed by atoms with Crippen molar-refractivity contribution in [3.8, 4) is 0 Å². The number of aliphatic carboxylic acids is 1. The summed E-state index contributed by atoms with van der Waals surface area (Å²) in [7, 11) is 0. The molecule has 0 aliphatic carbocycles. The van der Waals surface area contributed by atoms with Crippen LogP contribution in [0.25, 0.3) is 0 Å². The Hall–Kier alpha value is -0.750. The fraction of sp³-hybridized carbons (Fsp3) is 0.846. The molecule has 2 fully saturated rings. The molecule has 2 aliphatic rings. The molecule has 2 heterocycles. The molecular weight excluding hydrogens is 266 g/mol. The zero-order valence-electron chi connectivity index (χ0n) is 11.7. The molecule has 19 heavy (non-hydrogen) atoms. The Balaban J connectivity index is 2.20. The molecule has 0 aromatic carbocycles. The highest BCUT2D eigenvalue weighted by atomic mass is 32.2.